The molecule has 0 unspecified atom stereocenters. The lowest BCUT2D eigenvalue weighted by Gasteiger charge is -2.12. The predicted octanol–water partition coefficient (Wildman–Crippen LogP) is 4.99. The first-order valence-electron chi connectivity index (χ1n) is 7.90. The van der Waals surface area contributed by atoms with Crippen LogP contribution in [0.4, 0.5) is 0 Å². The third-order valence-electron chi connectivity index (χ3n) is 3.55. The molecule has 126 valence electrons. The lowest BCUT2D eigenvalue weighted by atomic mass is 10.1. The molecule has 0 saturated carbocycles. The van der Waals surface area contributed by atoms with Crippen LogP contribution in [0.25, 0.3) is 0 Å². The number of para-hydroxylation sites is 2. The van der Waals surface area contributed by atoms with Crippen LogP contribution in [0.2, 0.25) is 0 Å². The van der Waals surface area contributed by atoms with Crippen molar-refractivity contribution in [2.24, 2.45) is 0 Å². The molecular weight excluding hydrogens is 316 g/mol. The predicted molar refractivity (Wildman–Crippen MR) is 95.2 cm³/mol. The number of hydrogen-bond donors (Lipinski definition) is 0. The molecule has 25 heavy (non-hydrogen) atoms. The minimum Gasteiger partial charge on any atom is -0.469 e. The molecule has 0 N–H and O–H groups in total. The van der Waals surface area contributed by atoms with E-state index in [4.69, 9.17) is 14.2 Å². The highest BCUT2D eigenvalue weighted by atomic mass is 16.5. The maximum absolute atomic E-state index is 11.5. The summed E-state index contributed by atoms with van der Waals surface area (Å²) in [4.78, 5) is 11.5. The van der Waals surface area contributed by atoms with E-state index in [0.717, 1.165) is 11.3 Å². The summed E-state index contributed by atoms with van der Waals surface area (Å²) in [6.45, 7) is 0. The van der Waals surface area contributed by atoms with Gasteiger partial charge in [0.25, 0.3) is 0 Å². The first kappa shape index (κ1) is 16.6. The summed E-state index contributed by atoms with van der Waals surface area (Å²) in [7, 11) is 1.37. The van der Waals surface area contributed by atoms with Gasteiger partial charge in [-0.1, -0.05) is 42.5 Å². The van der Waals surface area contributed by atoms with Gasteiger partial charge in [0.2, 0.25) is 0 Å². The van der Waals surface area contributed by atoms with E-state index in [1.807, 2.05) is 78.9 Å². The minimum absolute atomic E-state index is 0.160. The van der Waals surface area contributed by atoms with Crippen molar-refractivity contribution in [2.45, 2.75) is 6.42 Å². The number of hydrogen-bond acceptors (Lipinski definition) is 4. The number of esters is 1. The maximum Gasteiger partial charge on any atom is 0.310 e. The molecule has 3 aromatic rings. The second-order valence-corrected chi connectivity index (χ2v) is 5.35. The molecule has 0 heterocycles. The molecule has 3 rings (SSSR count). The van der Waals surface area contributed by atoms with Gasteiger partial charge in [-0.15, -0.1) is 0 Å². The molecule has 0 spiro atoms. The Kier molecular flexibility index (Phi) is 5.32. The second-order valence-electron chi connectivity index (χ2n) is 5.35. The van der Waals surface area contributed by atoms with Crippen LogP contribution in [0, 0.1) is 0 Å². The highest BCUT2D eigenvalue weighted by Crippen LogP contribution is 2.30. The molecule has 3 aromatic carbocycles. The van der Waals surface area contributed by atoms with Crippen LogP contribution in [0.3, 0.4) is 0 Å². The Morgan fingerprint density at radius 2 is 1.40 bits per heavy atom. The van der Waals surface area contributed by atoms with Gasteiger partial charge in [0.1, 0.15) is 23.0 Å². The molecule has 0 aliphatic heterocycles. The van der Waals surface area contributed by atoms with Crippen LogP contribution in [-0.4, -0.2) is 13.1 Å². The normalized spacial score (nSPS) is 10.1. The van der Waals surface area contributed by atoms with Crippen molar-refractivity contribution >= 4 is 5.97 Å². The van der Waals surface area contributed by atoms with Crippen molar-refractivity contribution < 1.29 is 19.0 Å². The van der Waals surface area contributed by atoms with Crippen molar-refractivity contribution in [1.82, 2.24) is 0 Å². The fraction of sp³-hybridized carbons (Fsp3) is 0.0952. The smallest absolute Gasteiger partial charge is 0.310 e. The van der Waals surface area contributed by atoms with Gasteiger partial charge in [0.15, 0.2) is 0 Å². The molecule has 0 aromatic heterocycles. The van der Waals surface area contributed by atoms with Gasteiger partial charge < -0.3 is 14.2 Å². The van der Waals surface area contributed by atoms with E-state index in [9.17, 15) is 4.79 Å². The zero-order valence-corrected chi connectivity index (χ0v) is 13.8. The monoisotopic (exact) mass is 334 g/mol. The highest BCUT2D eigenvalue weighted by Gasteiger charge is 2.10. The average molecular weight is 334 g/mol. The van der Waals surface area contributed by atoms with Gasteiger partial charge in [-0.25, -0.2) is 0 Å². The summed E-state index contributed by atoms with van der Waals surface area (Å²) in [6.07, 6.45) is 0.160. The van der Waals surface area contributed by atoms with Crippen LogP contribution in [-0.2, 0) is 16.0 Å². The van der Waals surface area contributed by atoms with E-state index in [2.05, 4.69) is 0 Å². The second kappa shape index (κ2) is 8.02. The lowest BCUT2D eigenvalue weighted by Crippen LogP contribution is -2.05. The molecule has 0 bridgehead atoms. The molecule has 0 amide bonds. The van der Waals surface area contributed by atoms with Gasteiger partial charge in [0.05, 0.1) is 13.5 Å². The van der Waals surface area contributed by atoms with Crippen molar-refractivity contribution in [3.05, 3.63) is 84.4 Å². The highest BCUT2D eigenvalue weighted by molar-refractivity contribution is 5.73. The Bertz CT molecular complexity index is 843. The average Bonchev–Trinajstić information content (AvgIpc) is 2.64. The Balaban J connectivity index is 1.77. The number of ether oxygens (including phenoxy) is 3. The zero-order chi connectivity index (χ0) is 17.5. The first-order valence-corrected chi connectivity index (χ1v) is 7.90. The van der Waals surface area contributed by atoms with Crippen molar-refractivity contribution in [3.63, 3.8) is 0 Å². The third-order valence-corrected chi connectivity index (χ3v) is 3.55. The summed E-state index contributed by atoms with van der Waals surface area (Å²) in [5.74, 6) is 2.37. The lowest BCUT2D eigenvalue weighted by molar-refractivity contribution is -0.139. The van der Waals surface area contributed by atoms with Gasteiger partial charge in [-0.2, -0.15) is 0 Å². The van der Waals surface area contributed by atoms with Crippen LogP contribution >= 0.6 is 0 Å². The number of rotatable bonds is 6. The number of carbonyl (C=O) groups excluding carboxylic acids is 1. The Hall–Kier alpha value is -3.27. The summed E-state index contributed by atoms with van der Waals surface area (Å²) in [6, 6.07) is 24.3. The van der Waals surface area contributed by atoms with Crippen LogP contribution in [0.5, 0.6) is 23.0 Å². The molecule has 0 saturated heterocycles. The van der Waals surface area contributed by atoms with Crippen LogP contribution < -0.4 is 9.47 Å². The van der Waals surface area contributed by atoms with Crippen molar-refractivity contribution in [1.29, 1.82) is 0 Å². The summed E-state index contributed by atoms with van der Waals surface area (Å²) < 4.78 is 16.5. The number of methoxy groups -OCH3 is 1. The third kappa shape index (κ3) is 4.61. The minimum atomic E-state index is -0.308. The number of carbonyl (C=O) groups is 1. The van der Waals surface area contributed by atoms with E-state index < -0.39 is 0 Å². The summed E-state index contributed by atoms with van der Waals surface area (Å²) in [5, 5.41) is 0. The largest absolute Gasteiger partial charge is 0.469 e. The van der Waals surface area contributed by atoms with Gasteiger partial charge in [-0.05, 0) is 30.3 Å². The standard InChI is InChI=1S/C21H18O4/c1-23-21(22)14-16-8-5-6-13-20(16)25-19-12-7-11-18(15-19)24-17-9-3-2-4-10-17/h2-13,15H,14H2,1H3. The summed E-state index contributed by atoms with van der Waals surface area (Å²) >= 11 is 0. The SMILES string of the molecule is COC(=O)Cc1ccccc1Oc1cccc(Oc2ccccc2)c1. The Morgan fingerprint density at radius 1 is 0.760 bits per heavy atom. The summed E-state index contributed by atoms with van der Waals surface area (Å²) in [5.41, 5.74) is 0.767. The first-order chi connectivity index (χ1) is 12.2. The van der Waals surface area contributed by atoms with E-state index in [0.29, 0.717) is 17.2 Å². The van der Waals surface area contributed by atoms with Crippen LogP contribution in [0.15, 0.2) is 78.9 Å². The number of benzene rings is 3. The Labute approximate surface area is 146 Å². The molecule has 4 nitrogen and oxygen atoms in total. The fourth-order valence-corrected chi connectivity index (χ4v) is 2.33. The fourth-order valence-electron chi connectivity index (χ4n) is 2.33. The van der Waals surface area contributed by atoms with Gasteiger partial charge >= 0.3 is 5.97 Å². The van der Waals surface area contributed by atoms with Gasteiger partial charge in [-0.3, -0.25) is 4.79 Å². The molecular formula is C21H18O4. The van der Waals surface area contributed by atoms with E-state index in [1.165, 1.54) is 7.11 Å². The molecule has 0 atom stereocenters. The van der Waals surface area contributed by atoms with Crippen molar-refractivity contribution in [2.75, 3.05) is 7.11 Å². The Morgan fingerprint density at radius 3 is 2.16 bits per heavy atom. The zero-order valence-electron chi connectivity index (χ0n) is 13.8. The molecule has 4 heteroatoms. The van der Waals surface area contributed by atoms with Crippen molar-refractivity contribution in [3.8, 4) is 23.0 Å². The van der Waals surface area contributed by atoms with Crippen LogP contribution in [0.1, 0.15) is 5.56 Å². The van der Waals surface area contributed by atoms with E-state index >= 15 is 0 Å². The maximum atomic E-state index is 11.5. The topological polar surface area (TPSA) is 44.8 Å². The molecule has 0 aliphatic rings. The van der Waals surface area contributed by atoms with Gasteiger partial charge in [0, 0.05) is 11.6 Å². The molecule has 0 fully saturated rings. The molecule has 0 radical (unpaired) electrons. The quantitative estimate of drug-likeness (QED) is 0.596. The van der Waals surface area contributed by atoms with E-state index in [-0.39, 0.29) is 12.4 Å². The molecule has 0 aliphatic carbocycles. The van der Waals surface area contributed by atoms with E-state index in [1.54, 1.807) is 0 Å².